The summed E-state index contributed by atoms with van der Waals surface area (Å²) in [5.41, 5.74) is 2.53. The highest BCUT2D eigenvalue weighted by Crippen LogP contribution is 2.36. The van der Waals surface area contributed by atoms with Crippen LogP contribution in [0.25, 0.3) is 0 Å². The zero-order valence-corrected chi connectivity index (χ0v) is 19.2. The second-order valence-electron chi connectivity index (χ2n) is 7.55. The molecule has 1 atom stereocenters. The van der Waals surface area contributed by atoms with Crippen molar-refractivity contribution in [3.8, 4) is 11.8 Å². The van der Waals surface area contributed by atoms with Crippen molar-refractivity contribution in [2.75, 3.05) is 11.9 Å². The second-order valence-corrected chi connectivity index (χ2v) is 7.55. The fraction of sp³-hybridized carbons (Fsp3) is 0.500. The fourth-order valence-electron chi connectivity index (χ4n) is 2.72. The number of hydrogen-bond acceptors (Lipinski definition) is 5. The van der Waals surface area contributed by atoms with Crippen LogP contribution in [-0.2, 0) is 10.2 Å². The van der Waals surface area contributed by atoms with E-state index in [9.17, 15) is 4.79 Å². The maximum atomic E-state index is 12.2. The molecule has 1 aromatic carbocycles. The predicted molar refractivity (Wildman–Crippen MR) is 121 cm³/mol. The van der Waals surface area contributed by atoms with Gasteiger partial charge in [0.05, 0.1) is 0 Å². The van der Waals surface area contributed by atoms with Gasteiger partial charge < -0.3 is 10.1 Å². The molecule has 1 N–H and O–H groups in total. The first-order valence-electron chi connectivity index (χ1n) is 10.6. The summed E-state index contributed by atoms with van der Waals surface area (Å²) in [5, 5.41) is 18.9. The molecule has 1 amide bonds. The molecule has 1 aromatic heterocycles. The maximum absolute atomic E-state index is 12.2. The lowest BCUT2D eigenvalue weighted by molar-refractivity contribution is -0.118. The average molecular weight is 411 g/mol. The highest BCUT2D eigenvalue weighted by molar-refractivity contribution is 5.90. The van der Waals surface area contributed by atoms with E-state index in [2.05, 4.69) is 62.3 Å². The minimum absolute atomic E-state index is 0.0616. The molecule has 0 saturated heterocycles. The third-order valence-electron chi connectivity index (χ3n) is 5.20. The summed E-state index contributed by atoms with van der Waals surface area (Å²) in [6, 6.07) is 11.2. The summed E-state index contributed by atoms with van der Waals surface area (Å²) in [7, 11) is 0. The van der Waals surface area contributed by atoms with E-state index in [1.54, 1.807) is 0 Å². The van der Waals surface area contributed by atoms with E-state index in [4.69, 9.17) is 10.00 Å². The smallest absolute Gasteiger partial charge is 0.263 e. The average Bonchev–Trinajstić information content (AvgIpc) is 2.78. The van der Waals surface area contributed by atoms with E-state index in [1.807, 2.05) is 26.0 Å². The molecule has 0 aliphatic carbocycles. The SMILES string of the molecule is CC.CCC(C)c1ccc(OCC(=O)Nc2ccc(C#N)nn2)c(C(C)(C)CC)c1. The van der Waals surface area contributed by atoms with Gasteiger partial charge in [-0.25, -0.2) is 0 Å². The first-order chi connectivity index (χ1) is 14.3. The Kier molecular flexibility index (Phi) is 9.97. The van der Waals surface area contributed by atoms with Crippen molar-refractivity contribution in [3.63, 3.8) is 0 Å². The highest BCUT2D eigenvalue weighted by Gasteiger charge is 2.24. The normalized spacial score (nSPS) is 11.5. The molecule has 0 aliphatic heterocycles. The van der Waals surface area contributed by atoms with Gasteiger partial charge in [0, 0.05) is 5.56 Å². The molecule has 1 heterocycles. The van der Waals surface area contributed by atoms with Gasteiger partial charge in [0.15, 0.2) is 18.1 Å². The van der Waals surface area contributed by atoms with E-state index >= 15 is 0 Å². The molecule has 0 bridgehead atoms. The molecule has 1 unspecified atom stereocenters. The number of rotatable bonds is 8. The topological polar surface area (TPSA) is 87.9 Å². The Bertz CT molecular complexity index is 854. The summed E-state index contributed by atoms with van der Waals surface area (Å²) in [4.78, 5) is 12.2. The third-order valence-corrected chi connectivity index (χ3v) is 5.20. The zero-order chi connectivity index (χ0) is 22.7. The summed E-state index contributed by atoms with van der Waals surface area (Å²) >= 11 is 0. The zero-order valence-electron chi connectivity index (χ0n) is 19.2. The highest BCUT2D eigenvalue weighted by atomic mass is 16.5. The molecule has 2 rings (SSSR count). The van der Waals surface area contributed by atoms with Crippen LogP contribution in [0.15, 0.2) is 30.3 Å². The third kappa shape index (κ3) is 6.84. The number of anilines is 1. The minimum atomic E-state index is -0.328. The molecule has 0 aliphatic rings. The van der Waals surface area contributed by atoms with Gasteiger partial charge in [0.2, 0.25) is 0 Å². The largest absolute Gasteiger partial charge is 0.483 e. The Balaban J connectivity index is 0.00000218. The van der Waals surface area contributed by atoms with Crippen LogP contribution >= 0.6 is 0 Å². The number of hydrogen-bond donors (Lipinski definition) is 1. The number of carbonyl (C=O) groups excluding carboxylic acids is 1. The van der Waals surface area contributed by atoms with Gasteiger partial charge in [-0.3, -0.25) is 4.79 Å². The van der Waals surface area contributed by atoms with Crippen LogP contribution in [0.1, 0.15) is 84.0 Å². The van der Waals surface area contributed by atoms with Crippen molar-refractivity contribution in [1.82, 2.24) is 10.2 Å². The van der Waals surface area contributed by atoms with Crippen molar-refractivity contribution in [2.24, 2.45) is 0 Å². The van der Waals surface area contributed by atoms with Crippen molar-refractivity contribution in [1.29, 1.82) is 5.26 Å². The van der Waals surface area contributed by atoms with Crippen LogP contribution in [0.2, 0.25) is 0 Å². The molecule has 0 fully saturated rings. The van der Waals surface area contributed by atoms with Gasteiger partial charge in [0.25, 0.3) is 5.91 Å². The Labute approximate surface area is 180 Å². The Morgan fingerprint density at radius 3 is 2.43 bits per heavy atom. The van der Waals surface area contributed by atoms with Crippen LogP contribution in [0, 0.1) is 11.3 Å². The Hall–Kier alpha value is -2.94. The first kappa shape index (κ1) is 25.1. The molecule has 6 nitrogen and oxygen atoms in total. The van der Waals surface area contributed by atoms with Crippen LogP contribution in [-0.4, -0.2) is 22.7 Å². The van der Waals surface area contributed by atoms with Crippen molar-refractivity contribution < 1.29 is 9.53 Å². The molecule has 2 aromatic rings. The van der Waals surface area contributed by atoms with Crippen molar-refractivity contribution >= 4 is 11.7 Å². The fourth-order valence-corrected chi connectivity index (χ4v) is 2.72. The van der Waals surface area contributed by atoms with Crippen LogP contribution in [0.4, 0.5) is 5.82 Å². The van der Waals surface area contributed by atoms with E-state index in [1.165, 1.54) is 17.7 Å². The Morgan fingerprint density at radius 1 is 1.20 bits per heavy atom. The van der Waals surface area contributed by atoms with Gasteiger partial charge in [-0.15, -0.1) is 10.2 Å². The van der Waals surface area contributed by atoms with Crippen molar-refractivity contribution in [3.05, 3.63) is 47.2 Å². The second kappa shape index (κ2) is 11.9. The van der Waals surface area contributed by atoms with Gasteiger partial charge in [-0.05, 0) is 47.9 Å². The van der Waals surface area contributed by atoms with E-state index < -0.39 is 0 Å². The van der Waals surface area contributed by atoms with Gasteiger partial charge in [-0.2, -0.15) is 5.26 Å². The molecule has 0 radical (unpaired) electrons. The van der Waals surface area contributed by atoms with Gasteiger partial charge >= 0.3 is 0 Å². The van der Waals surface area contributed by atoms with Crippen LogP contribution < -0.4 is 10.1 Å². The molecule has 6 heteroatoms. The summed E-state index contributed by atoms with van der Waals surface area (Å²) in [6.45, 7) is 14.8. The number of nitriles is 1. The van der Waals surface area contributed by atoms with Gasteiger partial charge in [0.1, 0.15) is 11.8 Å². The number of nitrogens with zero attached hydrogens (tertiary/aromatic N) is 3. The van der Waals surface area contributed by atoms with E-state index in [-0.39, 0.29) is 29.4 Å². The van der Waals surface area contributed by atoms with Crippen LogP contribution in [0.5, 0.6) is 5.75 Å². The molecule has 30 heavy (non-hydrogen) atoms. The Morgan fingerprint density at radius 2 is 1.90 bits per heavy atom. The predicted octanol–water partition coefficient (Wildman–Crippen LogP) is 5.59. The minimum Gasteiger partial charge on any atom is -0.483 e. The lowest BCUT2D eigenvalue weighted by atomic mass is 9.80. The number of nitrogens with one attached hydrogen (secondary N) is 1. The standard InChI is InChI=1S/C22H28N4O2.C2H6/c1-6-15(3)16-8-10-19(18(12-16)22(4,5)7-2)28-14-21(27)24-20-11-9-17(13-23)25-26-20;1-2/h8-12,15H,6-7,14H2,1-5H3,(H,24,26,27);1-2H3. The van der Waals surface area contributed by atoms with Crippen molar-refractivity contribution in [2.45, 2.75) is 72.6 Å². The molecular weight excluding hydrogens is 376 g/mol. The molecular formula is C24H34N4O2. The lowest BCUT2D eigenvalue weighted by Crippen LogP contribution is -2.23. The van der Waals surface area contributed by atoms with Crippen LogP contribution in [0.3, 0.4) is 0 Å². The first-order valence-corrected chi connectivity index (χ1v) is 10.6. The molecule has 162 valence electrons. The summed E-state index contributed by atoms with van der Waals surface area (Å²) < 4.78 is 5.86. The quantitative estimate of drug-likeness (QED) is 0.612. The number of ether oxygens (including phenoxy) is 1. The maximum Gasteiger partial charge on any atom is 0.263 e. The van der Waals surface area contributed by atoms with E-state index in [0.717, 1.165) is 24.2 Å². The lowest BCUT2D eigenvalue weighted by Gasteiger charge is -2.27. The summed E-state index contributed by atoms with van der Waals surface area (Å²) in [5.74, 6) is 1.15. The number of carbonyl (C=O) groups is 1. The van der Waals surface area contributed by atoms with Gasteiger partial charge in [-0.1, -0.05) is 60.6 Å². The monoisotopic (exact) mass is 410 g/mol. The van der Waals surface area contributed by atoms with E-state index in [0.29, 0.717) is 5.92 Å². The molecule has 0 saturated carbocycles. The number of amides is 1. The molecule has 0 spiro atoms. The number of benzene rings is 1. The summed E-state index contributed by atoms with van der Waals surface area (Å²) in [6.07, 6.45) is 2.03. The number of aromatic nitrogens is 2.